The Hall–Kier alpha value is -4.81. The summed E-state index contributed by atoms with van der Waals surface area (Å²) in [6.07, 6.45) is 4.85. The average molecular weight is 570 g/mol. The van der Waals surface area contributed by atoms with Crippen molar-refractivity contribution in [1.29, 1.82) is 5.26 Å². The van der Waals surface area contributed by atoms with Gasteiger partial charge in [0.15, 0.2) is 17.1 Å². The maximum Gasteiger partial charge on any atom is 0.273 e. The van der Waals surface area contributed by atoms with E-state index in [-0.39, 0.29) is 15.8 Å². The molecule has 8 nitrogen and oxygen atoms in total. The fourth-order valence-corrected chi connectivity index (χ4v) is 5.27. The molecule has 0 radical (unpaired) electrons. The van der Waals surface area contributed by atoms with Crippen LogP contribution in [0.5, 0.6) is 17.2 Å². The molecule has 1 heterocycles. The van der Waals surface area contributed by atoms with E-state index in [2.05, 4.69) is 12.2 Å². The lowest BCUT2D eigenvalue weighted by molar-refractivity contribution is -0.111. The Balaban J connectivity index is 1.83. The van der Waals surface area contributed by atoms with Gasteiger partial charge in [0.05, 0.1) is 36.7 Å². The fraction of sp³-hybridized carbons (Fsp3) is 0.219. The number of para-hydroxylation sites is 3. The number of nitrogens with one attached hydrogen (secondary N) is 1. The van der Waals surface area contributed by atoms with E-state index in [4.69, 9.17) is 14.2 Å². The Labute approximate surface area is 242 Å². The van der Waals surface area contributed by atoms with Crippen molar-refractivity contribution in [2.45, 2.75) is 26.2 Å². The molecule has 0 bridgehead atoms. The molecule has 0 saturated carbocycles. The Morgan fingerprint density at radius 1 is 0.976 bits per heavy atom. The molecule has 0 spiro atoms. The normalized spacial score (nSPS) is 11.9. The number of benzene rings is 3. The number of hydrogen-bond acceptors (Lipinski definition) is 7. The highest BCUT2D eigenvalue weighted by molar-refractivity contribution is 7.07. The zero-order chi connectivity index (χ0) is 29.2. The second kappa shape index (κ2) is 14.0. The minimum Gasteiger partial charge on any atom is -0.495 e. The van der Waals surface area contributed by atoms with E-state index in [0.717, 1.165) is 30.6 Å². The van der Waals surface area contributed by atoms with Crippen LogP contribution in [0.4, 0.5) is 5.69 Å². The quantitative estimate of drug-likeness (QED) is 0.264. The Morgan fingerprint density at radius 3 is 2.41 bits per heavy atom. The van der Waals surface area contributed by atoms with Gasteiger partial charge in [0, 0.05) is 0 Å². The number of hydrogen-bond donors (Lipinski definition) is 1. The van der Waals surface area contributed by atoms with E-state index in [9.17, 15) is 14.9 Å². The van der Waals surface area contributed by atoms with Crippen LogP contribution in [0.1, 0.15) is 31.7 Å². The smallest absolute Gasteiger partial charge is 0.273 e. The van der Waals surface area contributed by atoms with Gasteiger partial charge in [-0.3, -0.25) is 14.2 Å². The van der Waals surface area contributed by atoms with Crippen LogP contribution in [0.25, 0.3) is 17.3 Å². The number of nitrogens with zero attached hydrogens (tertiary/aromatic N) is 2. The maximum absolute atomic E-state index is 13.7. The molecule has 210 valence electrons. The lowest BCUT2D eigenvalue weighted by Crippen LogP contribution is -2.32. The van der Waals surface area contributed by atoms with Gasteiger partial charge in [0.2, 0.25) is 0 Å². The molecule has 4 aromatic rings. The summed E-state index contributed by atoms with van der Waals surface area (Å²) in [5.41, 5.74) is 1.11. The van der Waals surface area contributed by atoms with Crippen LogP contribution >= 0.6 is 11.3 Å². The number of carbonyl (C=O) groups excluding carboxylic acids is 1. The van der Waals surface area contributed by atoms with Gasteiger partial charge in [-0.1, -0.05) is 56.2 Å². The molecule has 0 unspecified atom stereocenters. The summed E-state index contributed by atoms with van der Waals surface area (Å²) in [5.74, 6) is 0.976. The number of ether oxygens (including phenoxy) is 3. The van der Waals surface area contributed by atoms with Gasteiger partial charge in [0.25, 0.3) is 11.5 Å². The summed E-state index contributed by atoms with van der Waals surface area (Å²) in [5, 5.41) is 12.8. The summed E-state index contributed by atoms with van der Waals surface area (Å²) in [4.78, 5) is 27.1. The lowest BCUT2D eigenvalue weighted by Gasteiger charge is -2.11. The van der Waals surface area contributed by atoms with Crippen molar-refractivity contribution >= 4 is 34.6 Å². The fourth-order valence-electron chi connectivity index (χ4n) is 4.17. The third-order valence-corrected chi connectivity index (χ3v) is 7.33. The van der Waals surface area contributed by atoms with Crippen molar-refractivity contribution in [2.24, 2.45) is 0 Å². The van der Waals surface area contributed by atoms with Gasteiger partial charge >= 0.3 is 0 Å². The number of aromatic nitrogens is 1. The second-order valence-corrected chi connectivity index (χ2v) is 10.0. The van der Waals surface area contributed by atoms with E-state index in [0.29, 0.717) is 45.3 Å². The molecule has 4 rings (SSSR count). The molecule has 0 fully saturated rings. The van der Waals surface area contributed by atoms with Gasteiger partial charge in [-0.05, 0) is 54.5 Å². The van der Waals surface area contributed by atoms with Crippen molar-refractivity contribution in [2.75, 3.05) is 26.1 Å². The largest absolute Gasteiger partial charge is 0.495 e. The summed E-state index contributed by atoms with van der Waals surface area (Å²) in [7, 11) is 3.06. The lowest BCUT2D eigenvalue weighted by atomic mass is 10.2. The van der Waals surface area contributed by atoms with Crippen molar-refractivity contribution in [1.82, 2.24) is 4.57 Å². The first kappa shape index (κ1) is 29.2. The highest BCUT2D eigenvalue weighted by Crippen LogP contribution is 2.28. The van der Waals surface area contributed by atoms with Crippen molar-refractivity contribution in [3.63, 3.8) is 0 Å². The molecule has 0 aliphatic heterocycles. The summed E-state index contributed by atoms with van der Waals surface area (Å²) < 4.78 is 18.7. The number of methoxy groups -OCH3 is 2. The first-order valence-corrected chi connectivity index (χ1v) is 14.0. The molecule has 1 aromatic heterocycles. The average Bonchev–Trinajstić information content (AvgIpc) is 3.31. The molecular formula is C32H31N3O5S. The highest BCUT2D eigenvalue weighted by Gasteiger charge is 2.18. The van der Waals surface area contributed by atoms with Crippen LogP contribution < -0.4 is 34.3 Å². The number of thiazole rings is 1. The molecule has 0 aliphatic rings. The molecule has 0 atom stereocenters. The first-order chi connectivity index (χ1) is 20.0. The first-order valence-electron chi connectivity index (χ1n) is 13.2. The zero-order valence-corrected chi connectivity index (χ0v) is 24.0. The number of anilines is 1. The van der Waals surface area contributed by atoms with E-state index in [1.165, 1.54) is 11.7 Å². The van der Waals surface area contributed by atoms with E-state index < -0.39 is 5.91 Å². The predicted octanol–water partition coefficient (Wildman–Crippen LogP) is 4.63. The molecule has 0 saturated heterocycles. The number of carbonyl (C=O) groups is 1. The molecule has 1 amide bonds. The van der Waals surface area contributed by atoms with E-state index >= 15 is 0 Å². The van der Waals surface area contributed by atoms with Gasteiger partial charge in [0.1, 0.15) is 16.5 Å². The van der Waals surface area contributed by atoms with Crippen molar-refractivity contribution in [3.05, 3.63) is 97.9 Å². The van der Waals surface area contributed by atoms with Crippen LogP contribution in [0, 0.1) is 11.3 Å². The van der Waals surface area contributed by atoms with Crippen molar-refractivity contribution < 1.29 is 19.0 Å². The summed E-state index contributed by atoms with van der Waals surface area (Å²) >= 11 is 1.07. The number of unbranched alkanes of at least 4 members (excludes halogenated alkanes) is 2. The standard InChI is InChI=1S/C32H31N3O5S/c1-4-5-11-18-40-27-17-16-22(19-28(27)39-3)20-29-31(37)35(23-12-7-6-8-13-23)32(41-29)24(21-33)30(36)34-25-14-9-10-15-26(25)38-2/h6-10,12-17,19-20H,4-5,11,18H2,1-3H3,(H,34,36)/b29-20+,32-24-. The SMILES string of the molecule is CCCCCOc1ccc(/C=c2/s/c(=C(/C#N)C(=O)Nc3ccccc3OC)n(-c3ccccc3)c2=O)cc1OC. The number of nitriles is 1. The topological polar surface area (TPSA) is 103 Å². The number of amides is 1. The monoisotopic (exact) mass is 569 g/mol. The molecule has 41 heavy (non-hydrogen) atoms. The minimum atomic E-state index is -0.652. The van der Waals surface area contributed by atoms with Crippen LogP contribution in [0.15, 0.2) is 77.6 Å². The third kappa shape index (κ3) is 6.86. The van der Waals surface area contributed by atoms with E-state index in [1.807, 2.05) is 24.3 Å². The predicted molar refractivity (Wildman–Crippen MR) is 161 cm³/mol. The third-order valence-electron chi connectivity index (χ3n) is 6.24. The molecule has 1 N–H and O–H groups in total. The molecular weight excluding hydrogens is 538 g/mol. The maximum atomic E-state index is 13.7. The van der Waals surface area contributed by atoms with Gasteiger partial charge in [-0.25, -0.2) is 0 Å². The van der Waals surface area contributed by atoms with Crippen LogP contribution in [0.3, 0.4) is 0 Å². The zero-order valence-electron chi connectivity index (χ0n) is 23.2. The van der Waals surface area contributed by atoms with Gasteiger partial charge in [-0.2, -0.15) is 5.26 Å². The van der Waals surface area contributed by atoms with E-state index in [1.54, 1.807) is 67.8 Å². The number of rotatable bonds is 11. The van der Waals surface area contributed by atoms with Crippen LogP contribution in [-0.4, -0.2) is 31.3 Å². The highest BCUT2D eigenvalue weighted by atomic mass is 32.1. The van der Waals surface area contributed by atoms with Gasteiger partial charge < -0.3 is 19.5 Å². The van der Waals surface area contributed by atoms with Crippen LogP contribution in [-0.2, 0) is 4.79 Å². The van der Waals surface area contributed by atoms with Crippen molar-refractivity contribution in [3.8, 4) is 29.0 Å². The summed E-state index contributed by atoms with van der Waals surface area (Å²) in [6.45, 7) is 2.73. The summed E-state index contributed by atoms with van der Waals surface area (Å²) in [6, 6.07) is 23.3. The second-order valence-electron chi connectivity index (χ2n) is 9.00. The Morgan fingerprint density at radius 2 is 1.71 bits per heavy atom. The molecule has 9 heteroatoms. The van der Waals surface area contributed by atoms with Gasteiger partial charge in [-0.15, -0.1) is 11.3 Å². The minimum absolute atomic E-state index is 0.199. The molecule has 3 aromatic carbocycles. The Bertz CT molecular complexity index is 1740. The molecule has 0 aliphatic carbocycles. The van der Waals surface area contributed by atoms with Crippen LogP contribution in [0.2, 0.25) is 0 Å². The Kier molecular flexibility index (Phi) is 9.97.